The second-order valence-electron chi connectivity index (χ2n) is 5.11. The van der Waals surface area contributed by atoms with Gasteiger partial charge in [0.15, 0.2) is 6.10 Å². The molecule has 0 aromatic heterocycles. The van der Waals surface area contributed by atoms with Crippen LogP contribution in [0.1, 0.15) is 27.2 Å². The third kappa shape index (κ3) is 5.57. The number of ether oxygens (including phenoxy) is 1. The standard InChI is InChI=1S/C15H22FNO3/c1-10(2)14(18)7-8-17-15(19)11(3)20-13-6-4-5-12(16)9-13/h4-6,9-11,14,18H,7-8H2,1-3H3,(H,17,19). The minimum atomic E-state index is -0.715. The van der Waals surface area contributed by atoms with E-state index < -0.39 is 18.0 Å². The van der Waals surface area contributed by atoms with Crippen LogP contribution in [0.25, 0.3) is 0 Å². The molecule has 1 amide bonds. The molecule has 2 atom stereocenters. The van der Waals surface area contributed by atoms with Gasteiger partial charge in [0, 0.05) is 12.6 Å². The molecule has 1 aromatic carbocycles. The Bertz CT molecular complexity index is 437. The number of amides is 1. The zero-order valence-corrected chi connectivity index (χ0v) is 12.1. The number of aliphatic hydroxyl groups is 1. The lowest BCUT2D eigenvalue weighted by molar-refractivity contribution is -0.127. The average Bonchev–Trinajstić information content (AvgIpc) is 2.38. The van der Waals surface area contributed by atoms with Crippen LogP contribution in [-0.4, -0.2) is 29.8 Å². The van der Waals surface area contributed by atoms with Crippen LogP contribution in [-0.2, 0) is 4.79 Å². The first-order valence-corrected chi connectivity index (χ1v) is 6.78. The van der Waals surface area contributed by atoms with Crippen LogP contribution in [0.15, 0.2) is 24.3 Å². The molecule has 0 radical (unpaired) electrons. The number of hydrogen-bond acceptors (Lipinski definition) is 3. The highest BCUT2D eigenvalue weighted by atomic mass is 19.1. The number of carbonyl (C=O) groups excluding carboxylic acids is 1. The van der Waals surface area contributed by atoms with Crippen molar-refractivity contribution in [1.29, 1.82) is 0 Å². The molecule has 0 spiro atoms. The van der Waals surface area contributed by atoms with E-state index in [2.05, 4.69) is 5.32 Å². The topological polar surface area (TPSA) is 58.6 Å². The number of aliphatic hydroxyl groups excluding tert-OH is 1. The maximum Gasteiger partial charge on any atom is 0.260 e. The molecule has 0 fully saturated rings. The van der Waals surface area contributed by atoms with Crippen molar-refractivity contribution in [3.8, 4) is 5.75 Å². The second kappa shape index (κ2) is 7.85. The van der Waals surface area contributed by atoms with E-state index in [1.54, 1.807) is 13.0 Å². The van der Waals surface area contributed by atoms with E-state index in [9.17, 15) is 14.3 Å². The largest absolute Gasteiger partial charge is 0.481 e. The van der Waals surface area contributed by atoms with Crippen molar-refractivity contribution in [3.05, 3.63) is 30.1 Å². The summed E-state index contributed by atoms with van der Waals surface area (Å²) in [5.41, 5.74) is 0. The molecule has 0 bridgehead atoms. The van der Waals surface area contributed by atoms with Crippen molar-refractivity contribution in [1.82, 2.24) is 5.32 Å². The fraction of sp³-hybridized carbons (Fsp3) is 0.533. The van der Waals surface area contributed by atoms with E-state index in [0.29, 0.717) is 18.7 Å². The number of benzene rings is 1. The fourth-order valence-corrected chi connectivity index (χ4v) is 1.62. The summed E-state index contributed by atoms with van der Waals surface area (Å²) in [5.74, 6) is -0.219. The molecule has 0 heterocycles. The number of carbonyl (C=O) groups is 1. The van der Waals surface area contributed by atoms with Crippen molar-refractivity contribution < 1.29 is 19.0 Å². The lowest BCUT2D eigenvalue weighted by atomic mass is 10.0. The summed E-state index contributed by atoms with van der Waals surface area (Å²) in [6.45, 7) is 5.82. The van der Waals surface area contributed by atoms with Crippen molar-refractivity contribution in [2.75, 3.05) is 6.54 Å². The van der Waals surface area contributed by atoms with E-state index in [-0.39, 0.29) is 11.8 Å². The van der Waals surface area contributed by atoms with Crippen molar-refractivity contribution in [3.63, 3.8) is 0 Å². The molecule has 0 aliphatic carbocycles. The van der Waals surface area contributed by atoms with E-state index in [1.165, 1.54) is 18.2 Å². The van der Waals surface area contributed by atoms with Crippen molar-refractivity contribution in [2.45, 2.75) is 39.4 Å². The summed E-state index contributed by atoms with van der Waals surface area (Å²) < 4.78 is 18.3. The maximum atomic E-state index is 13.0. The Morgan fingerprint density at radius 3 is 2.70 bits per heavy atom. The smallest absolute Gasteiger partial charge is 0.260 e. The molecule has 0 saturated carbocycles. The van der Waals surface area contributed by atoms with E-state index in [1.807, 2.05) is 13.8 Å². The van der Waals surface area contributed by atoms with Crippen LogP contribution < -0.4 is 10.1 Å². The Hall–Kier alpha value is -1.62. The van der Waals surface area contributed by atoms with Gasteiger partial charge in [-0.2, -0.15) is 0 Å². The molecule has 1 rings (SSSR count). The summed E-state index contributed by atoms with van der Waals surface area (Å²) in [5, 5.41) is 12.3. The summed E-state index contributed by atoms with van der Waals surface area (Å²) in [6.07, 6.45) is -0.654. The quantitative estimate of drug-likeness (QED) is 0.806. The lowest BCUT2D eigenvalue weighted by Crippen LogP contribution is -2.38. The molecule has 2 unspecified atom stereocenters. The van der Waals surface area contributed by atoms with E-state index in [4.69, 9.17) is 4.74 Å². The molecule has 4 nitrogen and oxygen atoms in total. The number of hydrogen-bond donors (Lipinski definition) is 2. The lowest BCUT2D eigenvalue weighted by Gasteiger charge is -2.17. The Morgan fingerprint density at radius 1 is 1.40 bits per heavy atom. The second-order valence-corrected chi connectivity index (χ2v) is 5.11. The van der Waals surface area contributed by atoms with Gasteiger partial charge in [0.25, 0.3) is 5.91 Å². The van der Waals surface area contributed by atoms with Crippen LogP contribution in [0.2, 0.25) is 0 Å². The SMILES string of the molecule is CC(Oc1cccc(F)c1)C(=O)NCCC(O)C(C)C. The zero-order chi connectivity index (χ0) is 15.1. The normalized spacial score (nSPS) is 13.9. The van der Waals surface area contributed by atoms with Crippen LogP contribution in [0.4, 0.5) is 4.39 Å². The van der Waals surface area contributed by atoms with Crippen molar-refractivity contribution in [2.24, 2.45) is 5.92 Å². The Balaban J connectivity index is 2.36. The van der Waals surface area contributed by atoms with E-state index in [0.717, 1.165) is 0 Å². The van der Waals surface area contributed by atoms with Gasteiger partial charge in [-0.3, -0.25) is 4.79 Å². The van der Waals surface area contributed by atoms with Gasteiger partial charge in [0.2, 0.25) is 0 Å². The zero-order valence-electron chi connectivity index (χ0n) is 12.1. The number of nitrogens with one attached hydrogen (secondary N) is 1. The van der Waals surface area contributed by atoms with Gasteiger partial charge in [-0.1, -0.05) is 19.9 Å². The number of halogens is 1. The first-order valence-electron chi connectivity index (χ1n) is 6.78. The Morgan fingerprint density at radius 2 is 2.10 bits per heavy atom. The molecule has 1 aromatic rings. The minimum absolute atomic E-state index is 0.160. The monoisotopic (exact) mass is 283 g/mol. The molecule has 2 N–H and O–H groups in total. The van der Waals surface area contributed by atoms with Gasteiger partial charge in [-0.25, -0.2) is 4.39 Å². The van der Waals surface area contributed by atoms with Crippen LogP contribution >= 0.6 is 0 Å². The third-order valence-corrected chi connectivity index (χ3v) is 2.99. The molecular weight excluding hydrogens is 261 g/mol. The molecular formula is C15H22FNO3. The van der Waals surface area contributed by atoms with Crippen LogP contribution in [0.5, 0.6) is 5.75 Å². The number of rotatable bonds is 7. The van der Waals surface area contributed by atoms with Crippen LogP contribution in [0.3, 0.4) is 0 Å². The first kappa shape index (κ1) is 16.4. The van der Waals surface area contributed by atoms with Gasteiger partial charge in [0.1, 0.15) is 11.6 Å². The van der Waals surface area contributed by atoms with Crippen molar-refractivity contribution >= 4 is 5.91 Å². The molecule has 112 valence electrons. The average molecular weight is 283 g/mol. The summed E-state index contributed by atoms with van der Waals surface area (Å²) in [7, 11) is 0. The van der Waals surface area contributed by atoms with Gasteiger partial charge < -0.3 is 15.2 Å². The predicted octanol–water partition coefficient (Wildman–Crippen LogP) is 2.12. The molecule has 5 heteroatoms. The maximum absolute atomic E-state index is 13.0. The first-order chi connectivity index (χ1) is 9.40. The third-order valence-electron chi connectivity index (χ3n) is 2.99. The Kier molecular flexibility index (Phi) is 6.45. The fourth-order valence-electron chi connectivity index (χ4n) is 1.62. The predicted molar refractivity (Wildman–Crippen MR) is 75.0 cm³/mol. The molecule has 0 aliphatic heterocycles. The van der Waals surface area contributed by atoms with Gasteiger partial charge >= 0.3 is 0 Å². The summed E-state index contributed by atoms with van der Waals surface area (Å²) in [4.78, 5) is 11.8. The highest BCUT2D eigenvalue weighted by Gasteiger charge is 2.15. The summed E-state index contributed by atoms with van der Waals surface area (Å²) >= 11 is 0. The molecule has 0 aliphatic rings. The van der Waals surface area contributed by atoms with Gasteiger partial charge in [0.05, 0.1) is 6.10 Å². The highest BCUT2D eigenvalue weighted by molar-refractivity contribution is 5.80. The minimum Gasteiger partial charge on any atom is -0.481 e. The molecule has 0 saturated heterocycles. The van der Waals surface area contributed by atoms with Crippen LogP contribution in [0, 0.1) is 11.7 Å². The summed E-state index contributed by atoms with van der Waals surface area (Å²) in [6, 6.07) is 5.65. The molecule has 20 heavy (non-hydrogen) atoms. The van der Waals surface area contributed by atoms with Gasteiger partial charge in [-0.15, -0.1) is 0 Å². The van der Waals surface area contributed by atoms with Gasteiger partial charge in [-0.05, 0) is 31.4 Å². The van der Waals surface area contributed by atoms with E-state index >= 15 is 0 Å². The Labute approximate surface area is 119 Å². The highest BCUT2D eigenvalue weighted by Crippen LogP contribution is 2.13.